The van der Waals surface area contributed by atoms with E-state index in [1.807, 2.05) is 6.07 Å². The summed E-state index contributed by atoms with van der Waals surface area (Å²) in [5.74, 6) is 0.808. The smallest absolute Gasteiger partial charge is 0.0931 e. The van der Waals surface area contributed by atoms with Gasteiger partial charge in [0.05, 0.1) is 4.34 Å². The average molecular weight is 259 g/mol. The van der Waals surface area contributed by atoms with Crippen LogP contribution < -0.4 is 5.32 Å². The monoisotopic (exact) mass is 258 g/mol. The van der Waals surface area contributed by atoms with Gasteiger partial charge in [0.1, 0.15) is 0 Å². The molecule has 0 bridgehead atoms. The molecule has 0 saturated carbocycles. The van der Waals surface area contributed by atoms with Crippen LogP contribution in [0.4, 0.5) is 0 Å². The van der Waals surface area contributed by atoms with Crippen molar-refractivity contribution in [2.24, 2.45) is 5.92 Å². The largest absolute Gasteiger partial charge is 0.309 e. The molecule has 16 heavy (non-hydrogen) atoms. The van der Waals surface area contributed by atoms with Crippen molar-refractivity contribution in [3.63, 3.8) is 0 Å². The van der Waals surface area contributed by atoms with Crippen LogP contribution in [0.2, 0.25) is 4.34 Å². The molecule has 1 aliphatic rings. The van der Waals surface area contributed by atoms with E-state index in [9.17, 15) is 0 Å². The Labute approximate surface area is 107 Å². The highest BCUT2D eigenvalue weighted by Gasteiger charge is 2.19. The van der Waals surface area contributed by atoms with Crippen molar-refractivity contribution in [1.82, 2.24) is 10.2 Å². The van der Waals surface area contributed by atoms with Crippen molar-refractivity contribution in [2.45, 2.75) is 19.4 Å². The van der Waals surface area contributed by atoms with Gasteiger partial charge in [-0.25, -0.2) is 0 Å². The van der Waals surface area contributed by atoms with E-state index in [0.29, 0.717) is 6.04 Å². The minimum Gasteiger partial charge on any atom is -0.309 e. The number of thiophene rings is 1. The Bertz CT molecular complexity index is 340. The zero-order valence-electron chi connectivity index (χ0n) is 9.87. The standard InChI is InChI=1S/C12H19ClN2S/c1-9(11-3-4-12(13)16-11)14-7-10-5-6-15(2)8-10/h3-4,9-10,14H,5-8H2,1-2H3. The Morgan fingerprint density at radius 2 is 2.44 bits per heavy atom. The summed E-state index contributed by atoms with van der Waals surface area (Å²) < 4.78 is 0.879. The Hall–Kier alpha value is -0.0900. The maximum Gasteiger partial charge on any atom is 0.0931 e. The number of nitrogens with one attached hydrogen (secondary N) is 1. The molecule has 0 aliphatic carbocycles. The minimum absolute atomic E-state index is 0.420. The molecule has 2 unspecified atom stereocenters. The molecule has 1 aromatic rings. The van der Waals surface area contributed by atoms with E-state index in [-0.39, 0.29) is 0 Å². The van der Waals surface area contributed by atoms with Crippen LogP contribution in [0, 0.1) is 5.92 Å². The molecule has 1 saturated heterocycles. The van der Waals surface area contributed by atoms with Gasteiger partial charge < -0.3 is 10.2 Å². The lowest BCUT2D eigenvalue weighted by atomic mass is 10.1. The van der Waals surface area contributed by atoms with Crippen LogP contribution in [0.1, 0.15) is 24.3 Å². The van der Waals surface area contributed by atoms with Gasteiger partial charge in [-0.3, -0.25) is 0 Å². The van der Waals surface area contributed by atoms with Crippen LogP contribution in [0.25, 0.3) is 0 Å². The van der Waals surface area contributed by atoms with Crippen LogP contribution in [-0.4, -0.2) is 31.6 Å². The quantitative estimate of drug-likeness (QED) is 0.893. The molecule has 4 heteroatoms. The summed E-state index contributed by atoms with van der Waals surface area (Å²) in [6, 6.07) is 4.51. The number of hydrogen-bond acceptors (Lipinski definition) is 3. The van der Waals surface area contributed by atoms with Gasteiger partial charge in [-0.05, 0) is 51.5 Å². The number of likely N-dealkylation sites (tertiary alicyclic amines) is 1. The predicted molar refractivity (Wildman–Crippen MR) is 71.4 cm³/mol. The number of halogens is 1. The van der Waals surface area contributed by atoms with Gasteiger partial charge in [-0.2, -0.15) is 0 Å². The summed E-state index contributed by atoms with van der Waals surface area (Å²) in [6.07, 6.45) is 1.32. The summed E-state index contributed by atoms with van der Waals surface area (Å²) >= 11 is 7.61. The van der Waals surface area contributed by atoms with Crippen LogP contribution in [0.15, 0.2) is 12.1 Å². The van der Waals surface area contributed by atoms with E-state index in [1.54, 1.807) is 11.3 Å². The normalized spacial score (nSPS) is 23.8. The molecule has 0 aromatic carbocycles. The summed E-state index contributed by atoms with van der Waals surface area (Å²) in [4.78, 5) is 3.73. The SMILES string of the molecule is CC(NCC1CCN(C)C1)c1ccc(Cl)s1. The second-order valence-corrected chi connectivity index (χ2v) is 6.44. The van der Waals surface area contributed by atoms with Gasteiger partial charge in [0, 0.05) is 17.5 Å². The van der Waals surface area contributed by atoms with Crippen molar-refractivity contribution in [3.05, 3.63) is 21.3 Å². The van der Waals surface area contributed by atoms with Gasteiger partial charge in [0.25, 0.3) is 0 Å². The topological polar surface area (TPSA) is 15.3 Å². The predicted octanol–water partition coefficient (Wildman–Crippen LogP) is 3.00. The second kappa shape index (κ2) is 5.50. The highest BCUT2D eigenvalue weighted by molar-refractivity contribution is 7.16. The van der Waals surface area contributed by atoms with E-state index < -0.39 is 0 Å². The second-order valence-electron chi connectivity index (χ2n) is 4.69. The first kappa shape index (κ1) is 12.4. The number of hydrogen-bond donors (Lipinski definition) is 1. The van der Waals surface area contributed by atoms with Gasteiger partial charge in [-0.15, -0.1) is 11.3 Å². The molecule has 2 nitrogen and oxygen atoms in total. The highest BCUT2D eigenvalue weighted by atomic mass is 35.5. The van der Waals surface area contributed by atoms with E-state index in [4.69, 9.17) is 11.6 Å². The third-order valence-electron chi connectivity index (χ3n) is 3.22. The Morgan fingerprint density at radius 3 is 3.00 bits per heavy atom. The number of nitrogens with zero attached hydrogens (tertiary/aromatic N) is 1. The lowest BCUT2D eigenvalue weighted by Crippen LogP contribution is -2.27. The molecule has 0 amide bonds. The van der Waals surface area contributed by atoms with Crippen molar-refractivity contribution >= 4 is 22.9 Å². The fourth-order valence-electron chi connectivity index (χ4n) is 2.20. The summed E-state index contributed by atoms with van der Waals surface area (Å²) in [6.45, 7) is 5.79. The first-order chi connectivity index (χ1) is 7.65. The third kappa shape index (κ3) is 3.20. The maximum atomic E-state index is 5.93. The lowest BCUT2D eigenvalue weighted by Gasteiger charge is -2.16. The van der Waals surface area contributed by atoms with Crippen LogP contribution in [0.5, 0.6) is 0 Å². The number of rotatable bonds is 4. The summed E-state index contributed by atoms with van der Waals surface area (Å²) in [7, 11) is 2.20. The van der Waals surface area contributed by atoms with E-state index in [1.165, 1.54) is 24.4 Å². The molecule has 1 aliphatic heterocycles. The van der Waals surface area contributed by atoms with Gasteiger partial charge in [0.15, 0.2) is 0 Å². The van der Waals surface area contributed by atoms with Crippen LogP contribution >= 0.6 is 22.9 Å². The van der Waals surface area contributed by atoms with Gasteiger partial charge >= 0.3 is 0 Å². The molecule has 1 aromatic heterocycles. The Balaban J connectivity index is 1.77. The highest BCUT2D eigenvalue weighted by Crippen LogP contribution is 2.27. The van der Waals surface area contributed by atoms with Crippen molar-refractivity contribution in [1.29, 1.82) is 0 Å². The minimum atomic E-state index is 0.420. The van der Waals surface area contributed by atoms with Crippen LogP contribution in [0.3, 0.4) is 0 Å². The van der Waals surface area contributed by atoms with Crippen LogP contribution in [-0.2, 0) is 0 Å². The zero-order valence-corrected chi connectivity index (χ0v) is 11.4. The molecule has 1 fully saturated rings. The van der Waals surface area contributed by atoms with E-state index >= 15 is 0 Å². The van der Waals surface area contributed by atoms with E-state index in [2.05, 4.69) is 30.3 Å². The first-order valence-corrected chi connectivity index (χ1v) is 7.02. The van der Waals surface area contributed by atoms with Crippen molar-refractivity contribution in [3.8, 4) is 0 Å². The Kier molecular flexibility index (Phi) is 4.25. The zero-order chi connectivity index (χ0) is 11.5. The molecule has 1 N–H and O–H groups in total. The molecule has 2 heterocycles. The Morgan fingerprint density at radius 1 is 1.62 bits per heavy atom. The van der Waals surface area contributed by atoms with Crippen molar-refractivity contribution < 1.29 is 0 Å². The molecule has 0 spiro atoms. The fraction of sp³-hybridized carbons (Fsp3) is 0.667. The molecule has 0 radical (unpaired) electrons. The molecular formula is C12H19ClN2S. The molecular weight excluding hydrogens is 240 g/mol. The lowest BCUT2D eigenvalue weighted by molar-refractivity contribution is 0.382. The van der Waals surface area contributed by atoms with E-state index in [0.717, 1.165) is 16.8 Å². The maximum absolute atomic E-state index is 5.93. The molecule has 90 valence electrons. The third-order valence-corrected chi connectivity index (χ3v) is 4.64. The first-order valence-electron chi connectivity index (χ1n) is 5.82. The average Bonchev–Trinajstić information content (AvgIpc) is 2.84. The van der Waals surface area contributed by atoms with Gasteiger partial charge in [0.2, 0.25) is 0 Å². The van der Waals surface area contributed by atoms with Crippen molar-refractivity contribution in [2.75, 3.05) is 26.7 Å². The summed E-state index contributed by atoms with van der Waals surface area (Å²) in [5, 5.41) is 3.60. The van der Waals surface area contributed by atoms with Gasteiger partial charge in [-0.1, -0.05) is 11.6 Å². The molecule has 2 rings (SSSR count). The molecule has 2 atom stereocenters. The summed E-state index contributed by atoms with van der Waals surface area (Å²) in [5.41, 5.74) is 0. The fourth-order valence-corrected chi connectivity index (χ4v) is 3.29.